The average Bonchev–Trinajstić information content (AvgIpc) is 2.69. The number of primary amides is 2. The van der Waals surface area contributed by atoms with Crippen molar-refractivity contribution in [2.75, 3.05) is 0 Å². The summed E-state index contributed by atoms with van der Waals surface area (Å²) < 4.78 is 0. The smallest absolute Gasteiger partial charge is 0.255 e. The summed E-state index contributed by atoms with van der Waals surface area (Å²) in [7, 11) is 0. The molecular weight excluding hydrogens is 420 g/mol. The fourth-order valence-electron chi connectivity index (χ4n) is 5.62. The molecule has 1 fully saturated rings. The average molecular weight is 444 g/mol. The molecule has 0 heterocycles. The summed E-state index contributed by atoms with van der Waals surface area (Å²) in [6.07, 6.45) is -1.48. The van der Waals surface area contributed by atoms with E-state index in [2.05, 4.69) is 0 Å². The molecule has 10 heteroatoms. The first-order chi connectivity index (χ1) is 15.0. The van der Waals surface area contributed by atoms with E-state index in [9.17, 15) is 39.6 Å². The number of aryl methyl sites for hydroxylation is 1. The van der Waals surface area contributed by atoms with Gasteiger partial charge in [0.2, 0.25) is 5.91 Å². The van der Waals surface area contributed by atoms with Crippen molar-refractivity contribution >= 4 is 23.4 Å². The first-order valence-electron chi connectivity index (χ1n) is 10.3. The van der Waals surface area contributed by atoms with Gasteiger partial charge in [0.1, 0.15) is 23.2 Å². The van der Waals surface area contributed by atoms with Crippen LogP contribution in [-0.4, -0.2) is 55.5 Å². The summed E-state index contributed by atoms with van der Waals surface area (Å²) in [6.45, 7) is 0. The van der Waals surface area contributed by atoms with Crippen LogP contribution < -0.4 is 11.5 Å². The van der Waals surface area contributed by atoms with Crippen LogP contribution in [0.15, 0.2) is 23.5 Å². The number of phenols is 1. The van der Waals surface area contributed by atoms with Crippen LogP contribution in [0.5, 0.6) is 5.75 Å². The Morgan fingerprint density at radius 3 is 2.44 bits per heavy atom. The van der Waals surface area contributed by atoms with Crippen molar-refractivity contribution in [2.24, 2.45) is 29.2 Å². The van der Waals surface area contributed by atoms with Crippen LogP contribution in [0.4, 0.5) is 0 Å². The van der Waals surface area contributed by atoms with E-state index in [0.29, 0.717) is 11.1 Å². The number of ketones is 2. The van der Waals surface area contributed by atoms with Crippen molar-refractivity contribution < 1.29 is 39.6 Å². The zero-order valence-corrected chi connectivity index (χ0v) is 17.1. The Labute approximate surface area is 182 Å². The highest BCUT2D eigenvalue weighted by atomic mass is 16.4. The lowest BCUT2D eigenvalue weighted by Gasteiger charge is -2.52. The van der Waals surface area contributed by atoms with Crippen molar-refractivity contribution in [2.45, 2.75) is 43.8 Å². The van der Waals surface area contributed by atoms with E-state index in [1.54, 1.807) is 6.07 Å². The monoisotopic (exact) mass is 444 g/mol. The second-order valence-corrected chi connectivity index (χ2v) is 8.84. The van der Waals surface area contributed by atoms with Crippen LogP contribution in [0.1, 0.15) is 40.7 Å². The summed E-state index contributed by atoms with van der Waals surface area (Å²) in [5, 5.41) is 43.3. The van der Waals surface area contributed by atoms with Crippen molar-refractivity contribution in [1.29, 1.82) is 0 Å². The van der Waals surface area contributed by atoms with Gasteiger partial charge in [-0.1, -0.05) is 6.07 Å². The van der Waals surface area contributed by atoms with Crippen LogP contribution >= 0.6 is 0 Å². The maximum absolute atomic E-state index is 13.4. The number of Topliss-reactive ketones (excluding diaryl/α,β-unsaturated/α-hetero) is 2. The Kier molecular flexibility index (Phi) is 5.09. The van der Waals surface area contributed by atoms with Gasteiger partial charge in [-0.15, -0.1) is 0 Å². The van der Waals surface area contributed by atoms with Gasteiger partial charge in [0.05, 0.1) is 11.5 Å². The summed E-state index contributed by atoms with van der Waals surface area (Å²) in [5.41, 5.74) is 8.43. The number of amides is 2. The number of carbonyl (C=O) groups excluding carboxylic acids is 4. The van der Waals surface area contributed by atoms with Crippen LogP contribution in [-0.2, 0) is 27.2 Å². The Balaban J connectivity index is 1.80. The van der Waals surface area contributed by atoms with E-state index in [1.807, 2.05) is 0 Å². The number of aromatic hydroxyl groups is 1. The van der Waals surface area contributed by atoms with E-state index in [-0.39, 0.29) is 43.4 Å². The molecule has 8 N–H and O–H groups in total. The number of aliphatic hydroxyl groups is 3. The fraction of sp³-hybridized carbons (Fsp3) is 0.455. The fourth-order valence-corrected chi connectivity index (χ4v) is 5.62. The van der Waals surface area contributed by atoms with Gasteiger partial charge >= 0.3 is 0 Å². The van der Waals surface area contributed by atoms with Crippen molar-refractivity contribution in [3.8, 4) is 5.75 Å². The molecule has 32 heavy (non-hydrogen) atoms. The molecule has 170 valence electrons. The Bertz CT molecular complexity index is 1090. The zero-order valence-electron chi connectivity index (χ0n) is 17.1. The quantitative estimate of drug-likeness (QED) is 0.323. The van der Waals surface area contributed by atoms with E-state index in [0.717, 1.165) is 0 Å². The highest BCUT2D eigenvalue weighted by molar-refractivity contribution is 6.20. The Hall–Kier alpha value is -3.24. The number of hydrogen-bond donors (Lipinski definition) is 6. The molecule has 0 aliphatic heterocycles. The number of carbonyl (C=O) groups is 4. The van der Waals surface area contributed by atoms with Gasteiger partial charge in [-0.2, -0.15) is 0 Å². The van der Waals surface area contributed by atoms with Crippen molar-refractivity contribution in [3.63, 3.8) is 0 Å². The molecule has 3 aliphatic carbocycles. The molecule has 0 spiro atoms. The molecule has 4 rings (SSSR count). The number of fused-ring (bicyclic) bond motifs is 3. The van der Waals surface area contributed by atoms with Gasteiger partial charge in [-0.3, -0.25) is 19.2 Å². The number of aliphatic hydroxyl groups excluding tert-OH is 2. The Morgan fingerprint density at radius 2 is 1.81 bits per heavy atom. The van der Waals surface area contributed by atoms with Gasteiger partial charge in [-0.05, 0) is 42.4 Å². The number of nitrogens with two attached hydrogens (primary N) is 2. The number of benzene rings is 1. The molecular formula is C22H24N2O8. The van der Waals surface area contributed by atoms with Gasteiger partial charge in [-0.25, -0.2) is 0 Å². The largest absolute Gasteiger partial charge is 0.508 e. The van der Waals surface area contributed by atoms with Crippen LogP contribution in [0.2, 0.25) is 0 Å². The molecule has 0 aromatic heterocycles. The summed E-state index contributed by atoms with van der Waals surface area (Å²) >= 11 is 0. The van der Waals surface area contributed by atoms with Gasteiger partial charge in [0, 0.05) is 18.8 Å². The number of phenolic OH excluding ortho intramolecular Hbond substituents is 1. The number of rotatable bonds is 4. The topological polar surface area (TPSA) is 201 Å². The third-order valence-corrected chi connectivity index (χ3v) is 7.13. The molecule has 2 amide bonds. The molecule has 1 saturated carbocycles. The zero-order chi connectivity index (χ0) is 23.5. The molecule has 0 bridgehead atoms. The molecule has 1 aromatic carbocycles. The molecule has 3 aliphatic rings. The third kappa shape index (κ3) is 3.01. The minimum Gasteiger partial charge on any atom is -0.508 e. The standard InChI is InChI=1S/C22H24N2O8/c23-14(27)4-2-8-1-3-12(25)16-11(8)6-9-5-10-7-13(26)17(21(24)31)20(30)22(10,32)19(29)15(9)18(16)28/h1,3,9-10,15,19,25,29-30,32H,2,4-7H2,(H2,23,27)(H2,24,31)/t9-,10+,15?,19?,22+/m1/s1. The maximum atomic E-state index is 13.4. The molecule has 2 unspecified atom stereocenters. The SMILES string of the molecule is NC(=O)CCc1ccc(O)c2c1C[C@H]1C[C@H]3CC(=O)C(C(N)=O)=C(O)[C@@]3(O)C(O)C1C2=O. The van der Waals surface area contributed by atoms with Gasteiger partial charge in [0.25, 0.3) is 5.91 Å². The molecule has 5 atom stereocenters. The summed E-state index contributed by atoms with van der Waals surface area (Å²) in [4.78, 5) is 48.6. The Morgan fingerprint density at radius 1 is 1.12 bits per heavy atom. The second-order valence-electron chi connectivity index (χ2n) is 8.84. The molecule has 0 saturated heterocycles. The van der Waals surface area contributed by atoms with Crippen LogP contribution in [0.25, 0.3) is 0 Å². The van der Waals surface area contributed by atoms with E-state index < -0.39 is 64.2 Å². The van der Waals surface area contributed by atoms with Gasteiger partial charge < -0.3 is 31.9 Å². The highest BCUT2D eigenvalue weighted by Crippen LogP contribution is 2.53. The van der Waals surface area contributed by atoms with Crippen molar-refractivity contribution in [1.82, 2.24) is 0 Å². The first-order valence-corrected chi connectivity index (χ1v) is 10.3. The predicted octanol–water partition coefficient (Wildman–Crippen LogP) is -0.837. The van der Waals surface area contributed by atoms with Gasteiger partial charge in [0.15, 0.2) is 17.2 Å². The molecule has 1 aromatic rings. The maximum Gasteiger partial charge on any atom is 0.255 e. The lowest BCUT2D eigenvalue weighted by molar-refractivity contribution is -0.170. The van der Waals surface area contributed by atoms with E-state index in [4.69, 9.17) is 11.5 Å². The summed E-state index contributed by atoms with van der Waals surface area (Å²) in [6, 6.07) is 2.93. The normalized spacial score (nSPS) is 31.6. The minimum absolute atomic E-state index is 0.0141. The van der Waals surface area contributed by atoms with Crippen LogP contribution in [0, 0.1) is 17.8 Å². The number of hydrogen-bond acceptors (Lipinski definition) is 8. The molecule has 0 radical (unpaired) electrons. The van der Waals surface area contributed by atoms with E-state index in [1.165, 1.54) is 6.07 Å². The second kappa shape index (κ2) is 7.42. The van der Waals surface area contributed by atoms with Crippen molar-refractivity contribution in [3.05, 3.63) is 40.2 Å². The summed E-state index contributed by atoms with van der Waals surface area (Å²) in [5.74, 6) is -7.05. The minimum atomic E-state index is -2.40. The third-order valence-electron chi connectivity index (χ3n) is 7.13. The van der Waals surface area contributed by atoms with E-state index >= 15 is 0 Å². The predicted molar refractivity (Wildman–Crippen MR) is 108 cm³/mol. The first kappa shape index (κ1) is 22.0. The van der Waals surface area contributed by atoms with Crippen LogP contribution in [0.3, 0.4) is 0 Å². The molecule has 10 nitrogen and oxygen atoms in total. The lowest BCUT2D eigenvalue weighted by Crippen LogP contribution is -2.64. The lowest BCUT2D eigenvalue weighted by atomic mass is 9.55. The highest BCUT2D eigenvalue weighted by Gasteiger charge is 2.62.